The molecule has 0 bridgehead atoms. The Balaban J connectivity index is 1.62. The van der Waals surface area contributed by atoms with Crippen molar-refractivity contribution in [2.45, 2.75) is 12.5 Å². The fourth-order valence-corrected chi connectivity index (χ4v) is 2.79. The zero-order valence-electron chi connectivity index (χ0n) is 11.9. The molecule has 1 aromatic heterocycles. The lowest BCUT2D eigenvalue weighted by molar-refractivity contribution is -0.132. The van der Waals surface area contributed by atoms with Crippen LogP contribution >= 0.6 is 0 Å². The minimum atomic E-state index is -0.0223. The summed E-state index contributed by atoms with van der Waals surface area (Å²) in [6.07, 6.45) is 1.96. The van der Waals surface area contributed by atoms with Crippen LogP contribution in [0.4, 0.5) is 4.79 Å². The summed E-state index contributed by atoms with van der Waals surface area (Å²) in [7, 11) is 1.55. The number of aromatic nitrogens is 1. The van der Waals surface area contributed by atoms with E-state index >= 15 is 0 Å². The molecule has 1 atom stereocenters. The number of carbonyl (C=O) groups is 2. The second kappa shape index (κ2) is 5.59. The summed E-state index contributed by atoms with van der Waals surface area (Å²) < 4.78 is 5.06. The molecule has 0 aromatic carbocycles. The number of piperazine rings is 1. The summed E-state index contributed by atoms with van der Waals surface area (Å²) in [4.78, 5) is 31.6. The van der Waals surface area contributed by atoms with Crippen molar-refractivity contribution >= 4 is 11.9 Å². The van der Waals surface area contributed by atoms with Crippen molar-refractivity contribution in [3.05, 3.63) is 23.9 Å². The molecule has 2 aliphatic rings. The maximum atomic E-state index is 12.4. The first-order valence-corrected chi connectivity index (χ1v) is 6.98. The summed E-state index contributed by atoms with van der Waals surface area (Å²) in [5.41, 5.74) is 0.884. The van der Waals surface area contributed by atoms with E-state index in [4.69, 9.17) is 4.74 Å². The van der Waals surface area contributed by atoms with E-state index in [9.17, 15) is 9.59 Å². The summed E-state index contributed by atoms with van der Waals surface area (Å²) in [6.45, 7) is 2.40. The van der Waals surface area contributed by atoms with Crippen molar-refractivity contribution in [1.82, 2.24) is 20.1 Å². The van der Waals surface area contributed by atoms with Crippen LogP contribution in [0.15, 0.2) is 18.3 Å². The Bertz CT molecular complexity index is 563. The van der Waals surface area contributed by atoms with Gasteiger partial charge in [-0.2, -0.15) is 0 Å². The minimum absolute atomic E-state index is 0.0223. The molecule has 112 valence electrons. The number of amides is 3. The lowest BCUT2D eigenvalue weighted by Gasteiger charge is -2.36. The van der Waals surface area contributed by atoms with Crippen LogP contribution < -0.4 is 10.1 Å². The molecule has 7 nitrogen and oxygen atoms in total. The van der Waals surface area contributed by atoms with E-state index in [2.05, 4.69) is 10.3 Å². The molecule has 1 N–H and O–H groups in total. The van der Waals surface area contributed by atoms with Gasteiger partial charge in [0.05, 0.1) is 19.6 Å². The van der Waals surface area contributed by atoms with Crippen LogP contribution in [-0.4, -0.2) is 66.1 Å². The first kappa shape index (κ1) is 13.7. The highest BCUT2D eigenvalue weighted by Gasteiger charge is 2.36. The van der Waals surface area contributed by atoms with E-state index in [-0.39, 0.29) is 18.0 Å². The third kappa shape index (κ3) is 2.76. The Morgan fingerprint density at radius 1 is 1.52 bits per heavy atom. The van der Waals surface area contributed by atoms with Crippen LogP contribution in [0, 0.1) is 0 Å². The van der Waals surface area contributed by atoms with Gasteiger partial charge in [0.25, 0.3) is 0 Å². The maximum absolute atomic E-state index is 12.4. The summed E-state index contributed by atoms with van der Waals surface area (Å²) >= 11 is 0. The Labute approximate surface area is 122 Å². The van der Waals surface area contributed by atoms with Crippen molar-refractivity contribution < 1.29 is 14.3 Å². The predicted octanol–water partition coefficient (Wildman–Crippen LogP) is -0.131. The number of rotatable bonds is 3. The van der Waals surface area contributed by atoms with E-state index in [1.54, 1.807) is 24.3 Å². The Morgan fingerprint density at radius 3 is 3.19 bits per heavy atom. The van der Waals surface area contributed by atoms with Crippen molar-refractivity contribution in [3.63, 3.8) is 0 Å². The lowest BCUT2D eigenvalue weighted by atomic mass is 10.1. The van der Waals surface area contributed by atoms with Crippen molar-refractivity contribution in [2.75, 3.05) is 33.3 Å². The van der Waals surface area contributed by atoms with Gasteiger partial charge in [0.2, 0.25) is 11.8 Å². The number of methoxy groups -OCH3 is 1. The van der Waals surface area contributed by atoms with Gasteiger partial charge in [-0.15, -0.1) is 0 Å². The normalized spacial score (nSPS) is 21.0. The SMILES string of the molecule is COc1cc(CC(=O)N2CCN3C(=O)NCC3C2)ccn1. The molecule has 21 heavy (non-hydrogen) atoms. The molecule has 0 aliphatic carbocycles. The van der Waals surface area contributed by atoms with Crippen LogP contribution in [0.1, 0.15) is 5.56 Å². The number of pyridine rings is 1. The molecule has 0 spiro atoms. The molecule has 0 saturated carbocycles. The maximum Gasteiger partial charge on any atom is 0.317 e. The molecule has 2 saturated heterocycles. The highest BCUT2D eigenvalue weighted by Crippen LogP contribution is 2.16. The van der Waals surface area contributed by atoms with Gasteiger partial charge < -0.3 is 19.9 Å². The Kier molecular flexibility index (Phi) is 3.64. The summed E-state index contributed by atoms with van der Waals surface area (Å²) in [6, 6.07) is 3.67. The molecule has 7 heteroatoms. The monoisotopic (exact) mass is 290 g/mol. The molecule has 2 aliphatic heterocycles. The third-order valence-electron chi connectivity index (χ3n) is 3.95. The summed E-state index contributed by atoms with van der Waals surface area (Å²) in [5.74, 6) is 0.581. The van der Waals surface area contributed by atoms with Gasteiger partial charge in [0, 0.05) is 38.4 Å². The van der Waals surface area contributed by atoms with Gasteiger partial charge in [-0.1, -0.05) is 0 Å². The molecule has 3 heterocycles. The van der Waals surface area contributed by atoms with Gasteiger partial charge in [-0.25, -0.2) is 9.78 Å². The van der Waals surface area contributed by atoms with E-state index < -0.39 is 0 Å². The lowest BCUT2D eigenvalue weighted by Crippen LogP contribution is -2.54. The molecule has 1 aromatic rings. The number of nitrogens with one attached hydrogen (secondary N) is 1. The number of nitrogens with zero attached hydrogens (tertiary/aromatic N) is 3. The van der Waals surface area contributed by atoms with E-state index in [1.165, 1.54) is 0 Å². The first-order valence-electron chi connectivity index (χ1n) is 6.98. The van der Waals surface area contributed by atoms with Crippen LogP contribution in [0.25, 0.3) is 0 Å². The molecule has 3 amide bonds. The van der Waals surface area contributed by atoms with Crippen molar-refractivity contribution in [2.24, 2.45) is 0 Å². The number of carbonyl (C=O) groups excluding carboxylic acids is 2. The second-order valence-corrected chi connectivity index (χ2v) is 5.26. The molecule has 0 radical (unpaired) electrons. The van der Waals surface area contributed by atoms with E-state index in [0.717, 1.165) is 5.56 Å². The standard InChI is InChI=1S/C14H18N4O3/c1-21-12-6-10(2-3-15-12)7-13(19)17-4-5-18-11(9-17)8-16-14(18)20/h2-3,6,11H,4-5,7-9H2,1H3,(H,16,20). The highest BCUT2D eigenvalue weighted by molar-refractivity contribution is 5.80. The van der Waals surface area contributed by atoms with Crippen LogP contribution in [0.5, 0.6) is 5.88 Å². The fraction of sp³-hybridized carbons (Fsp3) is 0.500. The third-order valence-corrected chi connectivity index (χ3v) is 3.95. The quantitative estimate of drug-likeness (QED) is 0.841. The van der Waals surface area contributed by atoms with Crippen molar-refractivity contribution in [3.8, 4) is 5.88 Å². The first-order chi connectivity index (χ1) is 10.2. The molecule has 3 rings (SSSR count). The van der Waals surface area contributed by atoms with E-state index in [1.807, 2.05) is 11.0 Å². The van der Waals surface area contributed by atoms with E-state index in [0.29, 0.717) is 38.5 Å². The fourth-order valence-electron chi connectivity index (χ4n) is 2.79. The summed E-state index contributed by atoms with van der Waals surface area (Å²) in [5, 5.41) is 2.81. The van der Waals surface area contributed by atoms with Gasteiger partial charge in [-0.3, -0.25) is 4.79 Å². The largest absolute Gasteiger partial charge is 0.481 e. The average Bonchev–Trinajstić information content (AvgIpc) is 2.88. The Morgan fingerprint density at radius 2 is 2.38 bits per heavy atom. The van der Waals surface area contributed by atoms with Gasteiger partial charge in [0.1, 0.15) is 0 Å². The highest BCUT2D eigenvalue weighted by atomic mass is 16.5. The zero-order chi connectivity index (χ0) is 14.8. The number of hydrogen-bond acceptors (Lipinski definition) is 4. The number of ether oxygens (including phenoxy) is 1. The zero-order valence-corrected chi connectivity index (χ0v) is 11.9. The molecule has 2 fully saturated rings. The van der Waals surface area contributed by atoms with Gasteiger partial charge in [-0.05, 0) is 11.6 Å². The molecular formula is C14H18N4O3. The average molecular weight is 290 g/mol. The topological polar surface area (TPSA) is 74.8 Å². The number of hydrogen-bond donors (Lipinski definition) is 1. The number of fused-ring (bicyclic) bond motifs is 1. The van der Waals surface area contributed by atoms with Crippen molar-refractivity contribution in [1.29, 1.82) is 0 Å². The molecule has 1 unspecified atom stereocenters. The number of urea groups is 1. The van der Waals surface area contributed by atoms with Gasteiger partial charge >= 0.3 is 6.03 Å². The van der Waals surface area contributed by atoms with Gasteiger partial charge in [0.15, 0.2) is 0 Å². The Hall–Kier alpha value is -2.31. The van der Waals surface area contributed by atoms with Crippen LogP contribution in [0.2, 0.25) is 0 Å². The smallest absolute Gasteiger partial charge is 0.317 e. The predicted molar refractivity (Wildman–Crippen MR) is 75.0 cm³/mol. The molecular weight excluding hydrogens is 272 g/mol. The van der Waals surface area contributed by atoms with Crippen LogP contribution in [-0.2, 0) is 11.2 Å². The van der Waals surface area contributed by atoms with Crippen LogP contribution in [0.3, 0.4) is 0 Å². The second-order valence-electron chi connectivity index (χ2n) is 5.26. The minimum Gasteiger partial charge on any atom is -0.481 e.